The molecule has 0 aliphatic carbocycles. The van der Waals surface area contributed by atoms with Crippen LogP contribution in [0.5, 0.6) is 11.5 Å². The Morgan fingerprint density at radius 3 is 2.10 bits per heavy atom. The van der Waals surface area contributed by atoms with Crippen molar-refractivity contribution in [3.05, 3.63) is 194 Å². The minimum absolute atomic E-state index is 0. The number of para-hydroxylation sites is 3. The Hall–Kier alpha value is -6.39. The van der Waals surface area contributed by atoms with Crippen LogP contribution in [-0.4, -0.2) is 14.1 Å². The summed E-state index contributed by atoms with van der Waals surface area (Å²) in [5.41, 5.74) is 10.2. The summed E-state index contributed by atoms with van der Waals surface area (Å²) < 4.78 is 37.2. The number of nitrogens with zero attached hydrogens (tertiary/aromatic N) is 5. The Bertz CT molecular complexity index is 3250. The fourth-order valence-electron chi connectivity index (χ4n) is 8.44. The van der Waals surface area contributed by atoms with Crippen molar-refractivity contribution in [3.8, 4) is 34.1 Å². The SMILES string of the molecule is [2H]C([2H])([2H])c1cc(-n2c3[c-]c(Oc4[c-]c(N5C=CN(c6ccccc6C(C)(C)C)[CH-]5)cc(C(C)(C)C)c4)ccc3c3c2c2ccccc2n3-c2ccccc2)ncc1-c1ccccc1.[Pd]. The monoisotopic (exact) mass is 903 g/mol. The van der Waals surface area contributed by atoms with Crippen LogP contribution >= 0.6 is 0 Å². The van der Waals surface area contributed by atoms with Crippen LogP contribution in [0, 0.1) is 25.7 Å². The molecular weight excluding hydrogens is 853 g/mol. The van der Waals surface area contributed by atoms with Crippen LogP contribution in [0.2, 0.25) is 0 Å². The minimum Gasteiger partial charge on any atom is -0.509 e. The van der Waals surface area contributed by atoms with Crippen molar-refractivity contribution >= 4 is 44.2 Å². The first-order valence-electron chi connectivity index (χ1n) is 22.2. The standard InChI is InChI=1S/C55H48N5O.Pd/c1-37-30-51(56-35-46(37)38-18-10-8-11-19-38)60-50-34-42(26-27-45(50)52-53(60)44-22-14-16-24-48(44)59(52)40-20-12-9-13-21-40)61-43-32-39(54(2,3)4)31-41(33-43)57-28-29-58(36-57)49-25-17-15-23-47(49)55(5,6)7;/h8-32,35-36H,1-7H3;/q-3;/i1D3;. The minimum atomic E-state index is -2.42. The molecule has 0 spiro atoms. The van der Waals surface area contributed by atoms with E-state index in [-0.39, 0.29) is 36.8 Å². The van der Waals surface area contributed by atoms with Crippen molar-refractivity contribution in [2.75, 3.05) is 9.80 Å². The summed E-state index contributed by atoms with van der Waals surface area (Å²) in [5, 5.41) is 1.90. The summed E-state index contributed by atoms with van der Waals surface area (Å²) in [7, 11) is 0. The van der Waals surface area contributed by atoms with Gasteiger partial charge in [0.2, 0.25) is 0 Å². The zero-order valence-corrected chi connectivity index (χ0v) is 37.1. The van der Waals surface area contributed by atoms with E-state index in [4.69, 9.17) is 13.8 Å². The van der Waals surface area contributed by atoms with E-state index in [1.54, 1.807) is 12.3 Å². The molecule has 1 aliphatic heterocycles. The number of pyridine rings is 1. The van der Waals surface area contributed by atoms with E-state index in [0.717, 1.165) is 55.5 Å². The van der Waals surface area contributed by atoms with Gasteiger partial charge in [0.05, 0.1) is 11.0 Å². The number of hydrogen-bond acceptors (Lipinski definition) is 4. The Kier molecular flexibility index (Phi) is 9.54. The van der Waals surface area contributed by atoms with Gasteiger partial charge in [-0.05, 0) is 77.1 Å². The van der Waals surface area contributed by atoms with Gasteiger partial charge in [-0.2, -0.15) is 6.07 Å². The summed E-state index contributed by atoms with van der Waals surface area (Å²) >= 11 is 0. The van der Waals surface area contributed by atoms with Crippen molar-refractivity contribution in [2.24, 2.45) is 0 Å². The third-order valence-electron chi connectivity index (χ3n) is 11.5. The molecule has 3 aromatic heterocycles. The van der Waals surface area contributed by atoms with Crippen LogP contribution in [0.25, 0.3) is 55.5 Å². The van der Waals surface area contributed by atoms with Gasteiger partial charge in [0.1, 0.15) is 5.82 Å². The summed E-state index contributed by atoms with van der Waals surface area (Å²) in [6.45, 7) is 12.9. The van der Waals surface area contributed by atoms with Crippen molar-refractivity contribution < 1.29 is 29.3 Å². The maximum absolute atomic E-state index is 8.70. The third kappa shape index (κ3) is 7.30. The van der Waals surface area contributed by atoms with Crippen LogP contribution in [0.3, 0.4) is 0 Å². The Labute approximate surface area is 382 Å². The first-order valence-corrected chi connectivity index (χ1v) is 20.7. The van der Waals surface area contributed by atoms with Gasteiger partial charge in [0.15, 0.2) is 0 Å². The molecule has 0 bridgehead atoms. The predicted octanol–water partition coefficient (Wildman–Crippen LogP) is 14.0. The predicted molar refractivity (Wildman–Crippen MR) is 252 cm³/mol. The van der Waals surface area contributed by atoms with Crippen molar-refractivity contribution in [2.45, 2.75) is 59.2 Å². The van der Waals surface area contributed by atoms with Gasteiger partial charge >= 0.3 is 0 Å². The average molecular weight is 904 g/mol. The number of anilines is 2. The summed E-state index contributed by atoms with van der Waals surface area (Å²) in [6.07, 6.45) is 5.81. The molecule has 0 saturated heterocycles. The topological polar surface area (TPSA) is 38.5 Å². The molecule has 0 atom stereocenters. The molecule has 312 valence electrons. The average Bonchev–Trinajstić information content (AvgIpc) is 3.99. The van der Waals surface area contributed by atoms with Crippen LogP contribution in [0.4, 0.5) is 11.4 Å². The maximum Gasteiger partial charge on any atom is 0.135 e. The molecule has 62 heavy (non-hydrogen) atoms. The van der Waals surface area contributed by atoms with Crippen LogP contribution in [0.1, 0.15) is 62.3 Å². The molecule has 6 aromatic carbocycles. The van der Waals surface area contributed by atoms with E-state index in [1.165, 1.54) is 5.56 Å². The van der Waals surface area contributed by atoms with E-state index in [9.17, 15) is 0 Å². The molecule has 0 saturated carbocycles. The molecule has 10 rings (SSSR count). The largest absolute Gasteiger partial charge is 0.509 e. The molecule has 0 amide bonds. The third-order valence-corrected chi connectivity index (χ3v) is 11.5. The van der Waals surface area contributed by atoms with E-state index in [1.807, 2.05) is 83.6 Å². The smallest absolute Gasteiger partial charge is 0.135 e. The summed E-state index contributed by atoms with van der Waals surface area (Å²) in [6, 6.07) is 53.8. The Balaban J connectivity index is 0.00000533. The molecule has 4 heterocycles. The number of fused-ring (bicyclic) bond motifs is 5. The van der Waals surface area contributed by atoms with E-state index in [2.05, 4.69) is 142 Å². The fourth-order valence-corrected chi connectivity index (χ4v) is 8.44. The molecule has 7 heteroatoms. The van der Waals surface area contributed by atoms with Gasteiger partial charge in [-0.15, -0.1) is 48.3 Å². The van der Waals surface area contributed by atoms with Crippen molar-refractivity contribution in [3.63, 3.8) is 0 Å². The summed E-state index contributed by atoms with van der Waals surface area (Å²) in [4.78, 5) is 9.26. The van der Waals surface area contributed by atoms with Crippen molar-refractivity contribution in [1.82, 2.24) is 14.1 Å². The van der Waals surface area contributed by atoms with Crippen LogP contribution in [-0.2, 0) is 31.3 Å². The second kappa shape index (κ2) is 15.8. The van der Waals surface area contributed by atoms with Crippen LogP contribution in [0.15, 0.2) is 158 Å². The quantitative estimate of drug-likeness (QED) is 0.118. The second-order valence-corrected chi connectivity index (χ2v) is 17.7. The fraction of sp³-hybridized carbons (Fsp3) is 0.164. The molecule has 0 N–H and O–H groups in total. The molecule has 9 aromatic rings. The van der Waals surface area contributed by atoms with Gasteiger partial charge in [0.25, 0.3) is 0 Å². The normalized spacial score (nSPS) is 14.0. The van der Waals surface area contributed by atoms with Gasteiger partial charge in [-0.25, -0.2) is 4.98 Å². The summed E-state index contributed by atoms with van der Waals surface area (Å²) in [5.74, 6) is 1.49. The number of aromatic nitrogens is 3. The molecule has 0 fully saturated rings. The van der Waals surface area contributed by atoms with E-state index >= 15 is 0 Å². The van der Waals surface area contributed by atoms with Gasteiger partial charge in [-0.1, -0.05) is 137 Å². The number of rotatable bonds is 7. The Morgan fingerprint density at radius 2 is 1.34 bits per heavy atom. The van der Waals surface area contributed by atoms with Gasteiger partial charge in [-0.3, -0.25) is 0 Å². The van der Waals surface area contributed by atoms with Gasteiger partial charge < -0.3 is 23.7 Å². The molecule has 6 nitrogen and oxygen atoms in total. The van der Waals surface area contributed by atoms with Crippen molar-refractivity contribution in [1.29, 1.82) is 0 Å². The van der Waals surface area contributed by atoms with E-state index in [0.29, 0.717) is 28.4 Å². The molecular formula is C55H48N5OPd-3. The maximum atomic E-state index is 8.70. The molecule has 0 radical (unpaired) electrons. The number of aryl methyl sites for hydroxylation is 1. The number of hydrogen-bond donors (Lipinski definition) is 0. The molecule has 1 aliphatic rings. The zero-order chi connectivity index (χ0) is 44.5. The molecule has 0 unspecified atom stereocenters. The second-order valence-electron chi connectivity index (χ2n) is 17.7. The Morgan fingerprint density at radius 1 is 0.645 bits per heavy atom. The number of ether oxygens (including phenoxy) is 1. The first kappa shape index (κ1) is 37.4. The first-order chi connectivity index (χ1) is 30.6. The van der Waals surface area contributed by atoms with E-state index < -0.39 is 6.85 Å². The van der Waals surface area contributed by atoms with Crippen LogP contribution < -0.4 is 14.5 Å². The van der Waals surface area contributed by atoms with Gasteiger partial charge in [0, 0.05) is 70.1 Å². The zero-order valence-electron chi connectivity index (χ0n) is 38.5. The number of benzene rings is 6.